The van der Waals surface area contributed by atoms with Gasteiger partial charge in [0, 0.05) is 30.5 Å². The van der Waals surface area contributed by atoms with E-state index in [2.05, 4.69) is 16.0 Å². The number of nitriles is 1. The zero-order chi connectivity index (χ0) is 14.5. The van der Waals surface area contributed by atoms with Crippen molar-refractivity contribution in [3.63, 3.8) is 0 Å². The molecule has 0 radical (unpaired) electrons. The van der Waals surface area contributed by atoms with Gasteiger partial charge in [0.25, 0.3) is 5.91 Å². The molecular formula is C15H16N4O. The van der Waals surface area contributed by atoms with Crippen molar-refractivity contribution >= 4 is 16.9 Å². The quantitative estimate of drug-likeness (QED) is 0.853. The van der Waals surface area contributed by atoms with Gasteiger partial charge >= 0.3 is 0 Å². The first-order chi connectivity index (χ1) is 9.63. The van der Waals surface area contributed by atoms with E-state index in [4.69, 9.17) is 5.26 Å². The van der Waals surface area contributed by atoms with E-state index < -0.39 is 0 Å². The van der Waals surface area contributed by atoms with Gasteiger partial charge in [-0.25, -0.2) is 0 Å². The highest BCUT2D eigenvalue weighted by Crippen LogP contribution is 2.14. The Balaban J connectivity index is 2.31. The molecule has 5 nitrogen and oxygen atoms in total. The molecule has 0 saturated carbocycles. The van der Waals surface area contributed by atoms with Gasteiger partial charge in [0.1, 0.15) is 0 Å². The average molecular weight is 268 g/mol. The molecule has 1 heterocycles. The first-order valence-corrected chi connectivity index (χ1v) is 6.52. The number of hydrogen-bond acceptors (Lipinski definition) is 4. The smallest absolute Gasteiger partial charge is 0.254 e. The molecular weight excluding hydrogens is 252 g/mol. The molecule has 102 valence electrons. The van der Waals surface area contributed by atoms with E-state index in [0.717, 1.165) is 5.52 Å². The van der Waals surface area contributed by atoms with Gasteiger partial charge < -0.3 is 4.90 Å². The van der Waals surface area contributed by atoms with Crippen LogP contribution in [0.4, 0.5) is 0 Å². The molecule has 5 heteroatoms. The van der Waals surface area contributed by atoms with Gasteiger partial charge in [-0.05, 0) is 32.0 Å². The van der Waals surface area contributed by atoms with Crippen LogP contribution in [-0.4, -0.2) is 33.4 Å². The van der Waals surface area contributed by atoms with Crippen LogP contribution in [0.15, 0.2) is 30.6 Å². The lowest BCUT2D eigenvalue weighted by molar-refractivity contribution is 0.0710. The molecule has 1 aromatic heterocycles. The fraction of sp³-hybridized carbons (Fsp3) is 0.333. The molecule has 2 rings (SSSR count). The summed E-state index contributed by atoms with van der Waals surface area (Å²) in [7, 11) is 0. The van der Waals surface area contributed by atoms with Crippen molar-refractivity contribution in [1.82, 2.24) is 14.9 Å². The minimum atomic E-state index is -0.0807. The molecule has 0 aliphatic rings. The van der Waals surface area contributed by atoms with Gasteiger partial charge in [0.2, 0.25) is 0 Å². The lowest BCUT2D eigenvalue weighted by atomic mass is 10.1. The van der Waals surface area contributed by atoms with Crippen LogP contribution in [0.25, 0.3) is 11.0 Å². The largest absolute Gasteiger partial charge is 0.335 e. The molecule has 1 aromatic carbocycles. The summed E-state index contributed by atoms with van der Waals surface area (Å²) in [6.07, 6.45) is 3.56. The van der Waals surface area contributed by atoms with Crippen molar-refractivity contribution in [2.75, 3.05) is 6.54 Å². The third-order valence-corrected chi connectivity index (χ3v) is 3.06. The summed E-state index contributed by atoms with van der Waals surface area (Å²) in [4.78, 5) is 22.6. The second kappa shape index (κ2) is 6.11. The van der Waals surface area contributed by atoms with E-state index in [9.17, 15) is 4.79 Å². The molecule has 0 aliphatic heterocycles. The SMILES string of the molecule is CC(C)N(CCC#N)C(=O)c1ccc2nccnc2c1. The van der Waals surface area contributed by atoms with Crippen LogP contribution < -0.4 is 0 Å². The molecule has 20 heavy (non-hydrogen) atoms. The number of benzene rings is 1. The standard InChI is InChI=1S/C15H16N4O/c1-11(2)19(9-3-6-16)15(20)12-4-5-13-14(10-12)18-8-7-17-13/h4-5,7-8,10-11H,3,9H2,1-2H3. The third-order valence-electron chi connectivity index (χ3n) is 3.06. The van der Waals surface area contributed by atoms with Crippen molar-refractivity contribution in [3.05, 3.63) is 36.2 Å². The number of carbonyl (C=O) groups excluding carboxylic acids is 1. The van der Waals surface area contributed by atoms with Crippen LogP contribution in [0, 0.1) is 11.3 Å². The highest BCUT2D eigenvalue weighted by Gasteiger charge is 2.18. The Morgan fingerprint density at radius 3 is 2.65 bits per heavy atom. The predicted octanol–water partition coefficient (Wildman–Crippen LogP) is 2.39. The molecule has 0 atom stereocenters. The number of aromatic nitrogens is 2. The number of rotatable bonds is 4. The third kappa shape index (κ3) is 2.91. The van der Waals surface area contributed by atoms with Crippen LogP contribution >= 0.6 is 0 Å². The maximum Gasteiger partial charge on any atom is 0.254 e. The van der Waals surface area contributed by atoms with E-state index in [1.54, 1.807) is 35.5 Å². The number of fused-ring (bicyclic) bond motifs is 1. The van der Waals surface area contributed by atoms with Gasteiger partial charge in [-0.15, -0.1) is 0 Å². The Labute approximate surface area is 117 Å². The Bertz CT molecular complexity index is 660. The van der Waals surface area contributed by atoms with Gasteiger partial charge in [-0.1, -0.05) is 0 Å². The number of carbonyl (C=O) groups is 1. The van der Waals surface area contributed by atoms with Gasteiger partial charge in [-0.3, -0.25) is 14.8 Å². The number of hydrogen-bond donors (Lipinski definition) is 0. The molecule has 0 unspecified atom stereocenters. The van der Waals surface area contributed by atoms with Gasteiger partial charge in [0.05, 0.1) is 23.5 Å². The molecule has 0 saturated heterocycles. The zero-order valence-electron chi connectivity index (χ0n) is 11.6. The van der Waals surface area contributed by atoms with Crippen LogP contribution in [0.2, 0.25) is 0 Å². The lowest BCUT2D eigenvalue weighted by Crippen LogP contribution is -2.37. The van der Waals surface area contributed by atoms with Crippen molar-refractivity contribution in [3.8, 4) is 6.07 Å². The maximum absolute atomic E-state index is 12.5. The van der Waals surface area contributed by atoms with Crippen LogP contribution in [0.3, 0.4) is 0 Å². The first kappa shape index (κ1) is 13.9. The Kier molecular flexibility index (Phi) is 4.26. The molecule has 0 bridgehead atoms. The van der Waals surface area contributed by atoms with E-state index in [-0.39, 0.29) is 11.9 Å². The topological polar surface area (TPSA) is 69.9 Å². The highest BCUT2D eigenvalue weighted by atomic mass is 16.2. The zero-order valence-corrected chi connectivity index (χ0v) is 11.6. The van der Waals surface area contributed by atoms with Crippen molar-refractivity contribution < 1.29 is 4.79 Å². The molecule has 2 aromatic rings. The molecule has 0 spiro atoms. The second-order valence-electron chi connectivity index (χ2n) is 4.76. The van der Waals surface area contributed by atoms with Crippen molar-refractivity contribution in [2.24, 2.45) is 0 Å². The van der Waals surface area contributed by atoms with E-state index >= 15 is 0 Å². The van der Waals surface area contributed by atoms with Crippen LogP contribution in [0.1, 0.15) is 30.6 Å². The summed E-state index contributed by atoms with van der Waals surface area (Å²) in [5.41, 5.74) is 2.03. The summed E-state index contributed by atoms with van der Waals surface area (Å²) >= 11 is 0. The monoisotopic (exact) mass is 268 g/mol. The highest BCUT2D eigenvalue weighted by molar-refractivity contribution is 5.97. The van der Waals surface area contributed by atoms with E-state index in [0.29, 0.717) is 24.0 Å². The molecule has 0 fully saturated rings. The summed E-state index contributed by atoms with van der Waals surface area (Å²) in [6, 6.07) is 7.41. The number of nitrogens with zero attached hydrogens (tertiary/aromatic N) is 4. The van der Waals surface area contributed by atoms with E-state index in [1.807, 2.05) is 13.8 Å². The summed E-state index contributed by atoms with van der Waals surface area (Å²) in [6.45, 7) is 4.32. The first-order valence-electron chi connectivity index (χ1n) is 6.52. The summed E-state index contributed by atoms with van der Waals surface area (Å²) < 4.78 is 0. The Hall–Kier alpha value is -2.48. The maximum atomic E-state index is 12.5. The molecule has 0 N–H and O–H groups in total. The Morgan fingerprint density at radius 1 is 1.30 bits per heavy atom. The van der Waals surface area contributed by atoms with Crippen molar-refractivity contribution in [1.29, 1.82) is 5.26 Å². The van der Waals surface area contributed by atoms with Crippen LogP contribution in [0.5, 0.6) is 0 Å². The number of amides is 1. The fourth-order valence-electron chi connectivity index (χ4n) is 2.03. The van der Waals surface area contributed by atoms with Gasteiger partial charge in [-0.2, -0.15) is 5.26 Å². The molecule has 0 aliphatic carbocycles. The van der Waals surface area contributed by atoms with Gasteiger partial charge in [0.15, 0.2) is 0 Å². The average Bonchev–Trinajstić information content (AvgIpc) is 2.46. The van der Waals surface area contributed by atoms with E-state index in [1.165, 1.54) is 0 Å². The second-order valence-corrected chi connectivity index (χ2v) is 4.76. The van der Waals surface area contributed by atoms with Crippen molar-refractivity contribution in [2.45, 2.75) is 26.3 Å². The van der Waals surface area contributed by atoms with Crippen LogP contribution in [-0.2, 0) is 0 Å². The lowest BCUT2D eigenvalue weighted by Gasteiger charge is -2.25. The molecule has 1 amide bonds. The minimum absolute atomic E-state index is 0.0494. The fourth-order valence-corrected chi connectivity index (χ4v) is 2.03. The minimum Gasteiger partial charge on any atom is -0.335 e. The summed E-state index contributed by atoms with van der Waals surface area (Å²) in [5.74, 6) is -0.0807. The normalized spacial score (nSPS) is 10.5. The Morgan fingerprint density at radius 2 is 2.00 bits per heavy atom. The summed E-state index contributed by atoms with van der Waals surface area (Å²) in [5, 5.41) is 8.68. The predicted molar refractivity (Wildman–Crippen MR) is 75.9 cm³/mol.